The van der Waals surface area contributed by atoms with Gasteiger partial charge in [0, 0.05) is 24.8 Å². The minimum atomic E-state index is 0.673. The Kier molecular flexibility index (Phi) is 4.17. The lowest BCUT2D eigenvalue weighted by Crippen LogP contribution is -2.25. The lowest BCUT2D eigenvalue weighted by atomic mass is 10.2. The van der Waals surface area contributed by atoms with E-state index in [1.54, 1.807) is 0 Å². The summed E-state index contributed by atoms with van der Waals surface area (Å²) < 4.78 is 5.38. The Morgan fingerprint density at radius 2 is 2.25 bits per heavy atom. The summed E-state index contributed by atoms with van der Waals surface area (Å²) in [6.45, 7) is 3.57. The van der Waals surface area contributed by atoms with E-state index in [2.05, 4.69) is 10.3 Å². The van der Waals surface area contributed by atoms with Crippen molar-refractivity contribution < 1.29 is 4.74 Å². The molecule has 1 fully saturated rings. The van der Waals surface area contributed by atoms with Crippen molar-refractivity contribution in [2.24, 2.45) is 0 Å². The van der Waals surface area contributed by atoms with Crippen LogP contribution in [0.15, 0.2) is 18.3 Å². The first-order valence-electron chi connectivity index (χ1n) is 6.19. The van der Waals surface area contributed by atoms with Crippen LogP contribution < -0.4 is 10.1 Å². The predicted octanol–water partition coefficient (Wildman–Crippen LogP) is 2.51. The van der Waals surface area contributed by atoms with E-state index in [4.69, 9.17) is 4.74 Å². The zero-order valence-electron chi connectivity index (χ0n) is 9.91. The van der Waals surface area contributed by atoms with E-state index in [1.165, 1.54) is 31.2 Å². The van der Waals surface area contributed by atoms with E-state index in [0.717, 1.165) is 12.4 Å². The maximum Gasteiger partial charge on any atom is 0.213 e. The molecule has 0 saturated heterocycles. The quantitative estimate of drug-likeness (QED) is 0.828. The number of nitrogens with zero attached hydrogens (tertiary/aromatic N) is 1. The van der Waals surface area contributed by atoms with Gasteiger partial charge in [-0.2, -0.15) is 0 Å². The summed E-state index contributed by atoms with van der Waals surface area (Å²) in [6, 6.07) is 4.78. The normalized spacial score (nSPS) is 16.6. The van der Waals surface area contributed by atoms with Crippen LogP contribution in [0.3, 0.4) is 0 Å². The molecule has 1 aromatic rings. The van der Waals surface area contributed by atoms with Crippen LogP contribution in [-0.2, 0) is 6.54 Å². The summed E-state index contributed by atoms with van der Waals surface area (Å²) in [5.41, 5.74) is 1.25. The molecule has 0 spiro atoms. The van der Waals surface area contributed by atoms with Gasteiger partial charge in [0.15, 0.2) is 0 Å². The molecule has 88 valence electrons. The van der Waals surface area contributed by atoms with Crippen LogP contribution in [0.2, 0.25) is 0 Å². The van der Waals surface area contributed by atoms with Crippen LogP contribution in [0.4, 0.5) is 0 Å². The summed E-state index contributed by atoms with van der Waals surface area (Å²) in [6.07, 6.45) is 7.21. The van der Waals surface area contributed by atoms with Gasteiger partial charge in [0.25, 0.3) is 0 Å². The van der Waals surface area contributed by atoms with E-state index in [0.29, 0.717) is 12.6 Å². The fraction of sp³-hybridized carbons (Fsp3) is 0.615. The van der Waals surface area contributed by atoms with E-state index in [9.17, 15) is 0 Å². The molecule has 1 heterocycles. The molecule has 1 aromatic heterocycles. The van der Waals surface area contributed by atoms with E-state index in [1.807, 2.05) is 25.3 Å². The number of pyridine rings is 1. The van der Waals surface area contributed by atoms with Crippen molar-refractivity contribution in [3.8, 4) is 5.88 Å². The number of hydrogen-bond donors (Lipinski definition) is 1. The van der Waals surface area contributed by atoms with Gasteiger partial charge in [0.2, 0.25) is 5.88 Å². The van der Waals surface area contributed by atoms with Crippen LogP contribution in [0.1, 0.15) is 38.2 Å². The molecule has 3 heteroatoms. The lowest BCUT2D eigenvalue weighted by Gasteiger charge is -2.12. The topological polar surface area (TPSA) is 34.1 Å². The molecule has 2 rings (SSSR count). The fourth-order valence-electron chi connectivity index (χ4n) is 2.18. The minimum Gasteiger partial charge on any atom is -0.478 e. The average molecular weight is 220 g/mol. The third kappa shape index (κ3) is 3.20. The van der Waals surface area contributed by atoms with Gasteiger partial charge in [-0.1, -0.05) is 12.8 Å². The van der Waals surface area contributed by atoms with E-state index >= 15 is 0 Å². The highest BCUT2D eigenvalue weighted by Gasteiger charge is 2.13. The second-order valence-corrected chi connectivity index (χ2v) is 4.30. The third-order valence-corrected chi connectivity index (χ3v) is 3.04. The van der Waals surface area contributed by atoms with Crippen molar-refractivity contribution in [2.45, 2.75) is 45.2 Å². The van der Waals surface area contributed by atoms with E-state index in [-0.39, 0.29) is 0 Å². The summed E-state index contributed by atoms with van der Waals surface area (Å²) >= 11 is 0. The Balaban J connectivity index is 1.85. The SMILES string of the molecule is CCOc1cc(CNC2CCCC2)ccn1. The smallest absolute Gasteiger partial charge is 0.213 e. The highest BCUT2D eigenvalue weighted by atomic mass is 16.5. The molecule has 1 aliphatic rings. The van der Waals surface area contributed by atoms with Crippen molar-refractivity contribution in [3.63, 3.8) is 0 Å². The van der Waals surface area contributed by atoms with Gasteiger partial charge in [0.05, 0.1) is 6.61 Å². The second kappa shape index (κ2) is 5.85. The van der Waals surface area contributed by atoms with Gasteiger partial charge in [-0.05, 0) is 31.4 Å². The van der Waals surface area contributed by atoms with Crippen molar-refractivity contribution in [1.29, 1.82) is 0 Å². The van der Waals surface area contributed by atoms with Crippen LogP contribution >= 0.6 is 0 Å². The lowest BCUT2D eigenvalue weighted by molar-refractivity contribution is 0.326. The largest absolute Gasteiger partial charge is 0.478 e. The van der Waals surface area contributed by atoms with Crippen molar-refractivity contribution in [2.75, 3.05) is 6.61 Å². The van der Waals surface area contributed by atoms with Crippen LogP contribution in [0, 0.1) is 0 Å². The number of nitrogens with one attached hydrogen (secondary N) is 1. The molecule has 0 bridgehead atoms. The first kappa shape index (κ1) is 11.4. The summed E-state index contributed by atoms with van der Waals surface area (Å²) in [5, 5.41) is 3.58. The van der Waals surface area contributed by atoms with Gasteiger partial charge in [-0.25, -0.2) is 4.98 Å². The van der Waals surface area contributed by atoms with Crippen LogP contribution in [-0.4, -0.2) is 17.6 Å². The maximum absolute atomic E-state index is 5.38. The Morgan fingerprint density at radius 3 is 3.00 bits per heavy atom. The summed E-state index contributed by atoms with van der Waals surface area (Å²) in [7, 11) is 0. The van der Waals surface area contributed by atoms with Crippen LogP contribution in [0.5, 0.6) is 5.88 Å². The monoisotopic (exact) mass is 220 g/mol. The molecule has 1 aliphatic carbocycles. The maximum atomic E-state index is 5.38. The first-order valence-corrected chi connectivity index (χ1v) is 6.19. The standard InChI is InChI=1S/C13H20N2O/c1-2-16-13-9-11(7-8-14-13)10-15-12-5-3-4-6-12/h7-9,12,15H,2-6,10H2,1H3. The molecule has 0 aliphatic heterocycles. The molecular weight excluding hydrogens is 200 g/mol. The molecule has 16 heavy (non-hydrogen) atoms. The molecule has 0 radical (unpaired) electrons. The Morgan fingerprint density at radius 1 is 1.44 bits per heavy atom. The average Bonchev–Trinajstić information content (AvgIpc) is 2.80. The Bertz CT molecular complexity index is 321. The summed E-state index contributed by atoms with van der Waals surface area (Å²) in [4.78, 5) is 4.16. The zero-order chi connectivity index (χ0) is 11.2. The highest BCUT2D eigenvalue weighted by molar-refractivity contribution is 5.20. The van der Waals surface area contributed by atoms with Gasteiger partial charge in [-0.3, -0.25) is 0 Å². The molecule has 0 amide bonds. The molecule has 1 N–H and O–H groups in total. The summed E-state index contributed by atoms with van der Waals surface area (Å²) in [5.74, 6) is 0.730. The predicted molar refractivity (Wildman–Crippen MR) is 64.5 cm³/mol. The first-order chi connectivity index (χ1) is 7.88. The molecule has 3 nitrogen and oxygen atoms in total. The van der Waals surface area contributed by atoms with Crippen molar-refractivity contribution >= 4 is 0 Å². The molecule has 0 atom stereocenters. The number of ether oxygens (including phenoxy) is 1. The van der Waals surface area contributed by atoms with Crippen molar-refractivity contribution in [3.05, 3.63) is 23.9 Å². The number of hydrogen-bond acceptors (Lipinski definition) is 3. The number of aromatic nitrogens is 1. The van der Waals surface area contributed by atoms with E-state index < -0.39 is 0 Å². The Hall–Kier alpha value is -1.09. The minimum absolute atomic E-state index is 0.673. The van der Waals surface area contributed by atoms with Crippen LogP contribution in [0.25, 0.3) is 0 Å². The number of rotatable bonds is 5. The highest BCUT2D eigenvalue weighted by Crippen LogP contribution is 2.18. The molecule has 1 saturated carbocycles. The molecule has 0 unspecified atom stereocenters. The second-order valence-electron chi connectivity index (χ2n) is 4.30. The van der Waals surface area contributed by atoms with Gasteiger partial charge in [0.1, 0.15) is 0 Å². The van der Waals surface area contributed by atoms with Gasteiger partial charge in [-0.15, -0.1) is 0 Å². The zero-order valence-corrected chi connectivity index (χ0v) is 9.91. The molecule has 0 aromatic carbocycles. The molecular formula is C13H20N2O. The Labute approximate surface area is 97.2 Å². The fourth-order valence-corrected chi connectivity index (χ4v) is 2.18. The van der Waals surface area contributed by atoms with Gasteiger partial charge >= 0.3 is 0 Å². The van der Waals surface area contributed by atoms with Crippen molar-refractivity contribution in [1.82, 2.24) is 10.3 Å². The van der Waals surface area contributed by atoms with Gasteiger partial charge < -0.3 is 10.1 Å². The third-order valence-electron chi connectivity index (χ3n) is 3.04.